The second kappa shape index (κ2) is 5.70. The van der Waals surface area contributed by atoms with E-state index in [9.17, 15) is 0 Å². The lowest BCUT2D eigenvalue weighted by atomic mass is 9.81. The minimum absolute atomic E-state index is 0.589. The molecule has 2 aromatic rings. The van der Waals surface area contributed by atoms with Crippen LogP contribution in [0, 0.1) is 5.92 Å². The second-order valence-electron chi connectivity index (χ2n) is 5.66. The molecule has 2 unspecified atom stereocenters. The third-order valence-corrected chi connectivity index (χ3v) is 4.53. The SMILES string of the molecule is NCC1CCCCCC1c1cccc2cccnc12. The van der Waals surface area contributed by atoms with Gasteiger partial charge in [0.25, 0.3) is 0 Å². The molecule has 0 saturated heterocycles. The summed E-state index contributed by atoms with van der Waals surface area (Å²) in [6, 6.07) is 10.7. The average molecular weight is 254 g/mol. The van der Waals surface area contributed by atoms with Crippen molar-refractivity contribution in [3.8, 4) is 0 Å². The van der Waals surface area contributed by atoms with Gasteiger partial charge in [0.2, 0.25) is 0 Å². The summed E-state index contributed by atoms with van der Waals surface area (Å²) in [7, 11) is 0. The van der Waals surface area contributed by atoms with Crippen molar-refractivity contribution >= 4 is 10.9 Å². The lowest BCUT2D eigenvalue weighted by Gasteiger charge is -2.25. The number of nitrogens with zero attached hydrogens (tertiary/aromatic N) is 1. The largest absolute Gasteiger partial charge is 0.330 e. The van der Waals surface area contributed by atoms with Crippen molar-refractivity contribution in [2.75, 3.05) is 6.54 Å². The maximum Gasteiger partial charge on any atom is 0.0736 e. The van der Waals surface area contributed by atoms with E-state index in [0.29, 0.717) is 11.8 Å². The van der Waals surface area contributed by atoms with Crippen LogP contribution in [-0.4, -0.2) is 11.5 Å². The number of para-hydroxylation sites is 1. The zero-order valence-corrected chi connectivity index (χ0v) is 11.4. The van der Waals surface area contributed by atoms with Gasteiger partial charge in [0.15, 0.2) is 0 Å². The highest BCUT2D eigenvalue weighted by molar-refractivity contribution is 5.82. The molecule has 3 rings (SSSR count). The van der Waals surface area contributed by atoms with E-state index in [2.05, 4.69) is 29.2 Å². The molecule has 1 saturated carbocycles. The summed E-state index contributed by atoms with van der Waals surface area (Å²) in [5.41, 5.74) is 8.61. The molecule has 0 aliphatic heterocycles. The molecule has 0 radical (unpaired) electrons. The minimum atomic E-state index is 0.589. The Bertz CT molecular complexity index is 544. The average Bonchev–Trinajstić information content (AvgIpc) is 2.71. The predicted octanol–water partition coefficient (Wildman–Crippen LogP) is 3.86. The van der Waals surface area contributed by atoms with Gasteiger partial charge in [-0.05, 0) is 42.9 Å². The van der Waals surface area contributed by atoms with Gasteiger partial charge in [-0.15, -0.1) is 0 Å². The Hall–Kier alpha value is -1.41. The molecule has 2 nitrogen and oxygen atoms in total. The first-order valence-corrected chi connectivity index (χ1v) is 7.44. The van der Waals surface area contributed by atoms with Crippen LogP contribution in [0.15, 0.2) is 36.5 Å². The normalized spacial score (nSPS) is 24.3. The predicted molar refractivity (Wildman–Crippen MR) is 80.1 cm³/mol. The molecule has 19 heavy (non-hydrogen) atoms. The van der Waals surface area contributed by atoms with Crippen molar-refractivity contribution in [2.45, 2.75) is 38.0 Å². The Kier molecular flexibility index (Phi) is 3.79. The molecule has 1 aromatic heterocycles. The van der Waals surface area contributed by atoms with Gasteiger partial charge in [-0.2, -0.15) is 0 Å². The van der Waals surface area contributed by atoms with E-state index >= 15 is 0 Å². The molecule has 2 heteroatoms. The van der Waals surface area contributed by atoms with Gasteiger partial charge in [-0.25, -0.2) is 0 Å². The summed E-state index contributed by atoms with van der Waals surface area (Å²) in [5.74, 6) is 1.21. The summed E-state index contributed by atoms with van der Waals surface area (Å²) in [4.78, 5) is 4.61. The smallest absolute Gasteiger partial charge is 0.0736 e. The molecule has 1 aromatic carbocycles. The molecule has 1 fully saturated rings. The molecule has 0 amide bonds. The van der Waals surface area contributed by atoms with Crippen molar-refractivity contribution in [1.82, 2.24) is 4.98 Å². The molecular weight excluding hydrogens is 232 g/mol. The van der Waals surface area contributed by atoms with Crippen molar-refractivity contribution in [1.29, 1.82) is 0 Å². The van der Waals surface area contributed by atoms with Crippen LogP contribution in [0.3, 0.4) is 0 Å². The summed E-state index contributed by atoms with van der Waals surface area (Å²) in [5, 5.41) is 1.25. The van der Waals surface area contributed by atoms with E-state index in [0.717, 1.165) is 6.54 Å². The van der Waals surface area contributed by atoms with Gasteiger partial charge < -0.3 is 5.73 Å². The molecule has 2 N–H and O–H groups in total. The summed E-state index contributed by atoms with van der Waals surface area (Å²) in [6.07, 6.45) is 8.44. The number of aromatic nitrogens is 1. The fraction of sp³-hybridized carbons (Fsp3) is 0.471. The van der Waals surface area contributed by atoms with E-state index in [-0.39, 0.29) is 0 Å². The fourth-order valence-corrected chi connectivity index (χ4v) is 3.50. The van der Waals surface area contributed by atoms with Crippen LogP contribution in [0.5, 0.6) is 0 Å². The highest BCUT2D eigenvalue weighted by Gasteiger charge is 2.25. The van der Waals surface area contributed by atoms with E-state index in [1.807, 2.05) is 12.3 Å². The highest BCUT2D eigenvalue weighted by atomic mass is 14.7. The third-order valence-electron chi connectivity index (χ3n) is 4.53. The number of nitrogens with two attached hydrogens (primary N) is 1. The molecule has 1 aliphatic carbocycles. The molecule has 1 aliphatic rings. The van der Waals surface area contributed by atoms with E-state index in [4.69, 9.17) is 5.73 Å². The molecule has 0 bridgehead atoms. The standard InChI is InChI=1S/C17H22N2/c18-12-14-6-2-1-3-9-15(14)16-10-4-7-13-8-5-11-19-17(13)16/h4-5,7-8,10-11,14-15H,1-3,6,9,12,18H2. The van der Waals surface area contributed by atoms with Crippen LogP contribution in [0.25, 0.3) is 10.9 Å². The molecule has 0 spiro atoms. The van der Waals surface area contributed by atoms with Gasteiger partial charge in [0.1, 0.15) is 0 Å². The quantitative estimate of drug-likeness (QED) is 0.827. The Labute approximate surface area is 115 Å². The van der Waals surface area contributed by atoms with Crippen LogP contribution < -0.4 is 5.73 Å². The lowest BCUT2D eigenvalue weighted by molar-refractivity contribution is 0.410. The first kappa shape index (κ1) is 12.6. The van der Waals surface area contributed by atoms with E-state index < -0.39 is 0 Å². The van der Waals surface area contributed by atoms with E-state index in [1.54, 1.807) is 0 Å². The van der Waals surface area contributed by atoms with Crippen molar-refractivity contribution in [3.05, 3.63) is 42.1 Å². The van der Waals surface area contributed by atoms with Crippen molar-refractivity contribution < 1.29 is 0 Å². The minimum Gasteiger partial charge on any atom is -0.330 e. The van der Waals surface area contributed by atoms with Gasteiger partial charge in [0.05, 0.1) is 5.52 Å². The number of rotatable bonds is 2. The maximum absolute atomic E-state index is 6.02. The summed E-state index contributed by atoms with van der Waals surface area (Å²) < 4.78 is 0. The number of hydrogen-bond acceptors (Lipinski definition) is 2. The van der Waals surface area contributed by atoms with Crippen LogP contribution in [0.1, 0.15) is 43.6 Å². The van der Waals surface area contributed by atoms with E-state index in [1.165, 1.54) is 48.6 Å². The first-order valence-electron chi connectivity index (χ1n) is 7.44. The Morgan fingerprint density at radius 3 is 2.79 bits per heavy atom. The van der Waals surface area contributed by atoms with Gasteiger partial charge >= 0.3 is 0 Å². The number of pyridine rings is 1. The van der Waals surface area contributed by atoms with Crippen LogP contribution >= 0.6 is 0 Å². The Morgan fingerprint density at radius 1 is 1.05 bits per heavy atom. The molecule has 100 valence electrons. The Morgan fingerprint density at radius 2 is 1.89 bits per heavy atom. The summed E-state index contributed by atoms with van der Waals surface area (Å²) in [6.45, 7) is 0.799. The van der Waals surface area contributed by atoms with Crippen molar-refractivity contribution in [2.24, 2.45) is 11.7 Å². The van der Waals surface area contributed by atoms with Crippen LogP contribution in [-0.2, 0) is 0 Å². The van der Waals surface area contributed by atoms with Crippen molar-refractivity contribution in [3.63, 3.8) is 0 Å². The fourth-order valence-electron chi connectivity index (χ4n) is 3.50. The molecular formula is C17H22N2. The molecule has 1 heterocycles. The van der Waals surface area contributed by atoms with Crippen LogP contribution in [0.2, 0.25) is 0 Å². The topological polar surface area (TPSA) is 38.9 Å². The number of hydrogen-bond donors (Lipinski definition) is 1. The summed E-state index contributed by atoms with van der Waals surface area (Å²) >= 11 is 0. The zero-order chi connectivity index (χ0) is 13.1. The van der Waals surface area contributed by atoms with Gasteiger partial charge in [0, 0.05) is 11.6 Å². The molecule has 2 atom stereocenters. The van der Waals surface area contributed by atoms with Gasteiger partial charge in [-0.1, -0.05) is 43.5 Å². The first-order chi connectivity index (χ1) is 9.40. The third kappa shape index (κ3) is 2.50. The monoisotopic (exact) mass is 254 g/mol. The van der Waals surface area contributed by atoms with Crippen LogP contribution in [0.4, 0.5) is 0 Å². The number of benzene rings is 1. The number of fused-ring (bicyclic) bond motifs is 1. The second-order valence-corrected chi connectivity index (χ2v) is 5.66. The zero-order valence-electron chi connectivity index (χ0n) is 11.4. The maximum atomic E-state index is 6.02. The Balaban J connectivity index is 2.06. The highest BCUT2D eigenvalue weighted by Crippen LogP contribution is 2.38. The lowest BCUT2D eigenvalue weighted by Crippen LogP contribution is -2.21. The van der Waals surface area contributed by atoms with Gasteiger partial charge in [-0.3, -0.25) is 4.98 Å².